The van der Waals surface area contributed by atoms with Crippen LogP contribution in [0.3, 0.4) is 0 Å². The third kappa shape index (κ3) is 2.29. The zero-order valence-corrected chi connectivity index (χ0v) is 5.33. The number of amides is 1. The van der Waals surface area contributed by atoms with Crippen molar-refractivity contribution in [2.75, 3.05) is 0 Å². The van der Waals surface area contributed by atoms with Gasteiger partial charge in [-0.2, -0.15) is 5.90 Å². The first kappa shape index (κ1) is 8.67. The van der Waals surface area contributed by atoms with Crippen molar-refractivity contribution in [3.63, 3.8) is 0 Å². The second kappa shape index (κ2) is 4.54. The van der Waals surface area contributed by atoms with Gasteiger partial charge in [0, 0.05) is 0 Å². The van der Waals surface area contributed by atoms with Crippen LogP contribution in [-0.2, 0) is 9.63 Å². The number of hydrogen-bond acceptors (Lipinski definition) is 4. The molecule has 0 atom stereocenters. The highest BCUT2D eigenvalue weighted by atomic mass is 16.6. The van der Waals surface area contributed by atoms with Crippen LogP contribution in [0.25, 0.3) is 0 Å². The molecule has 0 heterocycles. The molecular weight excluding hydrogens is 134 g/mol. The lowest BCUT2D eigenvalue weighted by molar-refractivity contribution is -0.121. The molecule has 0 aromatic heterocycles. The van der Waals surface area contributed by atoms with Crippen molar-refractivity contribution in [2.45, 2.75) is 0 Å². The van der Waals surface area contributed by atoms with E-state index in [1.165, 1.54) is 12.2 Å². The molecule has 10 heavy (non-hydrogen) atoms. The molecule has 5 N–H and O–H groups in total. The molecule has 5 nitrogen and oxygen atoms in total. The van der Waals surface area contributed by atoms with Crippen LogP contribution in [0.5, 0.6) is 0 Å². The van der Waals surface area contributed by atoms with Gasteiger partial charge in [-0.1, -0.05) is 12.7 Å². The average molecular weight is 143 g/mol. The lowest BCUT2D eigenvalue weighted by atomic mass is 10.4. The molecule has 0 saturated carbocycles. The maximum absolute atomic E-state index is 10.6. The lowest BCUT2D eigenvalue weighted by Crippen LogP contribution is -2.32. The topological polar surface area (TPSA) is 90.4 Å². The van der Waals surface area contributed by atoms with Gasteiger partial charge in [0.1, 0.15) is 0 Å². The van der Waals surface area contributed by atoms with Crippen LogP contribution in [0.2, 0.25) is 0 Å². The minimum Gasteiger partial charge on any atom is -0.406 e. The minimum atomic E-state index is -0.595. The van der Waals surface area contributed by atoms with Crippen LogP contribution in [0.4, 0.5) is 0 Å². The molecule has 0 rings (SSSR count). The van der Waals surface area contributed by atoms with E-state index in [-0.39, 0.29) is 5.76 Å². The number of allylic oxidation sites excluding steroid dienone is 2. The van der Waals surface area contributed by atoms with Gasteiger partial charge >= 0.3 is 5.91 Å². The summed E-state index contributed by atoms with van der Waals surface area (Å²) in [5.74, 6) is 8.79. The molecule has 0 aliphatic carbocycles. The summed E-state index contributed by atoms with van der Waals surface area (Å²) in [5, 5.41) is 0. The molecule has 0 aromatic carbocycles. The summed E-state index contributed by atoms with van der Waals surface area (Å²) >= 11 is 0. The lowest BCUT2D eigenvalue weighted by Gasteiger charge is -1.99. The Morgan fingerprint density at radius 1 is 1.70 bits per heavy atom. The van der Waals surface area contributed by atoms with Crippen LogP contribution in [0.15, 0.2) is 24.5 Å². The standard InChI is InChI=1S/C5H9N3O2/c1-2-3-4(10-7)5(9)8-6/h2-3H,1,6-7H2,(H,8,9)/b4-3-. The fraction of sp³-hybridized carbons (Fsp3) is 0. The van der Waals surface area contributed by atoms with E-state index >= 15 is 0 Å². The Morgan fingerprint density at radius 3 is 2.60 bits per heavy atom. The maximum Gasteiger partial charge on any atom is 0.302 e. The van der Waals surface area contributed by atoms with E-state index < -0.39 is 5.91 Å². The fourth-order valence-electron chi connectivity index (χ4n) is 0.347. The van der Waals surface area contributed by atoms with Crippen molar-refractivity contribution >= 4 is 5.91 Å². The molecule has 0 aromatic rings. The van der Waals surface area contributed by atoms with Crippen molar-refractivity contribution in [3.05, 3.63) is 24.5 Å². The molecule has 0 spiro atoms. The zero-order valence-electron chi connectivity index (χ0n) is 5.33. The zero-order chi connectivity index (χ0) is 7.98. The Kier molecular flexibility index (Phi) is 3.94. The highest BCUT2D eigenvalue weighted by Gasteiger charge is 2.05. The molecule has 56 valence electrons. The number of carbonyl (C=O) groups excluding carboxylic acids is 1. The smallest absolute Gasteiger partial charge is 0.302 e. The van der Waals surface area contributed by atoms with E-state index in [1.807, 2.05) is 5.43 Å². The first-order valence-corrected chi connectivity index (χ1v) is 2.46. The third-order valence-electron chi connectivity index (χ3n) is 0.751. The largest absolute Gasteiger partial charge is 0.406 e. The van der Waals surface area contributed by atoms with Gasteiger partial charge in [-0.15, -0.1) is 0 Å². The van der Waals surface area contributed by atoms with Crippen LogP contribution in [0.1, 0.15) is 0 Å². The van der Waals surface area contributed by atoms with Crippen molar-refractivity contribution < 1.29 is 9.63 Å². The Morgan fingerprint density at radius 2 is 2.30 bits per heavy atom. The van der Waals surface area contributed by atoms with Gasteiger partial charge in [0.25, 0.3) is 0 Å². The van der Waals surface area contributed by atoms with Crippen LogP contribution < -0.4 is 17.2 Å². The van der Waals surface area contributed by atoms with Crippen molar-refractivity contribution in [2.24, 2.45) is 11.7 Å². The quantitative estimate of drug-likeness (QED) is 0.117. The van der Waals surface area contributed by atoms with Gasteiger partial charge in [0.05, 0.1) is 0 Å². The third-order valence-corrected chi connectivity index (χ3v) is 0.751. The monoisotopic (exact) mass is 143 g/mol. The van der Waals surface area contributed by atoms with E-state index in [4.69, 9.17) is 11.7 Å². The number of rotatable bonds is 3. The normalized spacial score (nSPS) is 10.4. The van der Waals surface area contributed by atoms with Crippen molar-refractivity contribution in [3.8, 4) is 0 Å². The molecule has 0 saturated heterocycles. The number of carbonyl (C=O) groups is 1. The number of hydrogen-bond donors (Lipinski definition) is 3. The van der Waals surface area contributed by atoms with Crippen molar-refractivity contribution in [1.29, 1.82) is 0 Å². The number of hydrazine groups is 1. The molecule has 0 fully saturated rings. The SMILES string of the molecule is C=C/C=C(\ON)C(=O)NN. The minimum absolute atomic E-state index is 0.0856. The summed E-state index contributed by atoms with van der Waals surface area (Å²) in [6.07, 6.45) is 2.65. The number of nitrogens with one attached hydrogen (secondary N) is 1. The summed E-state index contributed by atoms with van der Waals surface area (Å²) < 4.78 is 0. The fourth-order valence-corrected chi connectivity index (χ4v) is 0.347. The van der Waals surface area contributed by atoms with Gasteiger partial charge < -0.3 is 4.84 Å². The second-order valence-electron chi connectivity index (χ2n) is 1.36. The molecule has 0 radical (unpaired) electrons. The van der Waals surface area contributed by atoms with Gasteiger partial charge in [0.15, 0.2) is 0 Å². The summed E-state index contributed by atoms with van der Waals surface area (Å²) in [7, 11) is 0. The first-order chi connectivity index (χ1) is 4.76. The summed E-state index contributed by atoms with van der Waals surface area (Å²) in [5.41, 5.74) is 1.84. The first-order valence-electron chi connectivity index (χ1n) is 2.46. The van der Waals surface area contributed by atoms with E-state index in [1.54, 1.807) is 0 Å². The Hall–Kier alpha value is -1.33. The molecule has 5 heteroatoms. The molecular formula is C5H9N3O2. The van der Waals surface area contributed by atoms with E-state index in [0.29, 0.717) is 0 Å². The van der Waals surface area contributed by atoms with Gasteiger partial charge in [0.2, 0.25) is 5.76 Å². The van der Waals surface area contributed by atoms with E-state index in [9.17, 15) is 4.79 Å². The van der Waals surface area contributed by atoms with Crippen LogP contribution in [-0.4, -0.2) is 5.91 Å². The summed E-state index contributed by atoms with van der Waals surface area (Å²) in [6.45, 7) is 3.33. The van der Waals surface area contributed by atoms with Crippen molar-refractivity contribution in [1.82, 2.24) is 5.43 Å². The molecule has 1 amide bonds. The molecule has 0 unspecified atom stereocenters. The highest BCUT2D eigenvalue weighted by Crippen LogP contribution is 1.91. The summed E-state index contributed by atoms with van der Waals surface area (Å²) in [4.78, 5) is 14.7. The predicted octanol–water partition coefficient (Wildman–Crippen LogP) is -1.06. The van der Waals surface area contributed by atoms with Crippen LogP contribution >= 0.6 is 0 Å². The van der Waals surface area contributed by atoms with E-state index in [2.05, 4.69) is 11.4 Å². The Labute approximate surface area is 58.2 Å². The second-order valence-corrected chi connectivity index (χ2v) is 1.36. The molecule has 0 aliphatic rings. The predicted molar refractivity (Wildman–Crippen MR) is 35.9 cm³/mol. The maximum atomic E-state index is 10.6. The Bertz CT molecular complexity index is 164. The summed E-state index contributed by atoms with van der Waals surface area (Å²) in [6, 6.07) is 0. The van der Waals surface area contributed by atoms with Crippen LogP contribution in [0, 0.1) is 0 Å². The van der Waals surface area contributed by atoms with E-state index in [0.717, 1.165) is 0 Å². The average Bonchev–Trinajstić information content (AvgIpc) is 1.99. The molecule has 0 bridgehead atoms. The van der Waals surface area contributed by atoms with Gasteiger partial charge in [-0.05, 0) is 6.08 Å². The number of nitrogens with two attached hydrogens (primary N) is 2. The molecule has 0 aliphatic heterocycles. The van der Waals surface area contributed by atoms with Gasteiger partial charge in [-0.25, -0.2) is 5.84 Å². The highest BCUT2D eigenvalue weighted by molar-refractivity contribution is 5.91. The van der Waals surface area contributed by atoms with Gasteiger partial charge in [-0.3, -0.25) is 10.2 Å². The Balaban J connectivity index is 4.19.